The van der Waals surface area contributed by atoms with Crippen LogP contribution in [0.15, 0.2) is 11.6 Å². The molecule has 1 fully saturated rings. The molecule has 10 heavy (non-hydrogen) atoms. The molecule has 0 unspecified atom stereocenters. The Morgan fingerprint density at radius 3 is 2.70 bits per heavy atom. The van der Waals surface area contributed by atoms with Crippen LogP contribution in [0.2, 0.25) is 0 Å². The molecule has 1 aliphatic rings. The minimum atomic E-state index is 0.240. The van der Waals surface area contributed by atoms with Gasteiger partial charge in [-0.05, 0) is 18.9 Å². The first-order chi connectivity index (χ1) is 4.79. The molecule has 2 heteroatoms. The van der Waals surface area contributed by atoms with Crippen LogP contribution in [0.5, 0.6) is 0 Å². The van der Waals surface area contributed by atoms with Crippen LogP contribution in [0, 0.1) is 11.3 Å². The minimum absolute atomic E-state index is 0.240. The summed E-state index contributed by atoms with van der Waals surface area (Å²) in [5, 5.41) is 8.35. The molecule has 2 atom stereocenters. The van der Waals surface area contributed by atoms with E-state index in [1.165, 1.54) is 0 Å². The molecule has 1 aliphatic heterocycles. The number of nitrogens with zero attached hydrogens (tertiary/aromatic N) is 1. The van der Waals surface area contributed by atoms with E-state index >= 15 is 0 Å². The maximum absolute atomic E-state index is 8.35. The van der Waals surface area contributed by atoms with Gasteiger partial charge in [0.25, 0.3) is 0 Å². The number of epoxide rings is 1. The zero-order valence-electron chi connectivity index (χ0n) is 6.29. The first-order valence-electron chi connectivity index (χ1n) is 3.53. The molecule has 0 saturated carbocycles. The van der Waals surface area contributed by atoms with Gasteiger partial charge in [0.1, 0.15) is 6.10 Å². The Bertz CT molecular complexity index is 190. The second-order valence-electron chi connectivity index (χ2n) is 2.46. The Morgan fingerprint density at radius 1 is 1.80 bits per heavy atom. The predicted octanol–water partition coefficient (Wildman–Crippen LogP) is 1.63. The van der Waals surface area contributed by atoms with Gasteiger partial charge in [0.2, 0.25) is 0 Å². The van der Waals surface area contributed by atoms with E-state index < -0.39 is 0 Å². The van der Waals surface area contributed by atoms with E-state index in [9.17, 15) is 0 Å². The molecule has 2 nitrogen and oxygen atoms in total. The predicted molar refractivity (Wildman–Crippen MR) is 38.3 cm³/mol. The van der Waals surface area contributed by atoms with Gasteiger partial charge in [-0.1, -0.05) is 6.92 Å². The van der Waals surface area contributed by atoms with Gasteiger partial charge in [0.05, 0.1) is 12.2 Å². The lowest BCUT2D eigenvalue weighted by atomic mass is 10.1. The van der Waals surface area contributed by atoms with Crippen molar-refractivity contribution in [2.24, 2.45) is 0 Å². The van der Waals surface area contributed by atoms with Crippen LogP contribution in [-0.2, 0) is 4.74 Å². The van der Waals surface area contributed by atoms with Crippen molar-refractivity contribution in [1.29, 1.82) is 5.26 Å². The second-order valence-corrected chi connectivity index (χ2v) is 2.46. The molecule has 54 valence electrons. The molecule has 0 aromatic rings. The highest BCUT2D eigenvalue weighted by molar-refractivity contribution is 5.22. The largest absolute Gasteiger partial charge is 0.365 e. The van der Waals surface area contributed by atoms with Crippen molar-refractivity contribution in [2.45, 2.75) is 32.5 Å². The van der Waals surface area contributed by atoms with Crippen LogP contribution in [-0.4, -0.2) is 12.2 Å². The second kappa shape index (κ2) is 2.85. The maximum atomic E-state index is 8.35. The third-order valence-corrected chi connectivity index (χ3v) is 1.73. The third-order valence-electron chi connectivity index (χ3n) is 1.73. The summed E-state index contributed by atoms with van der Waals surface area (Å²) in [5.41, 5.74) is 1.12. The highest BCUT2D eigenvalue weighted by Gasteiger charge is 2.36. The topological polar surface area (TPSA) is 36.3 Å². The van der Waals surface area contributed by atoms with E-state index in [1.54, 1.807) is 6.08 Å². The van der Waals surface area contributed by atoms with Gasteiger partial charge in [-0.3, -0.25) is 0 Å². The minimum Gasteiger partial charge on any atom is -0.365 e. The van der Waals surface area contributed by atoms with Crippen LogP contribution >= 0.6 is 0 Å². The Labute approximate surface area is 61.1 Å². The number of hydrogen-bond acceptors (Lipinski definition) is 2. The van der Waals surface area contributed by atoms with Crippen molar-refractivity contribution in [2.75, 3.05) is 0 Å². The number of allylic oxidation sites excluding steroid dienone is 1. The summed E-state index contributed by atoms with van der Waals surface area (Å²) in [6.07, 6.45) is 3.08. The fraction of sp³-hybridized carbons (Fsp3) is 0.625. The monoisotopic (exact) mass is 137 g/mol. The number of rotatable bonds is 2. The molecule has 0 aromatic carbocycles. The van der Waals surface area contributed by atoms with Gasteiger partial charge in [-0.15, -0.1) is 0 Å². The van der Waals surface area contributed by atoms with Crippen LogP contribution in [0.3, 0.4) is 0 Å². The summed E-state index contributed by atoms with van der Waals surface area (Å²) in [6, 6.07) is 2.02. The van der Waals surface area contributed by atoms with Gasteiger partial charge >= 0.3 is 0 Å². The summed E-state index contributed by atoms with van der Waals surface area (Å²) >= 11 is 0. The summed E-state index contributed by atoms with van der Waals surface area (Å²) in [7, 11) is 0. The van der Waals surface area contributed by atoms with Crippen LogP contribution in [0.25, 0.3) is 0 Å². The van der Waals surface area contributed by atoms with Crippen LogP contribution in [0.4, 0.5) is 0 Å². The molecule has 1 saturated heterocycles. The summed E-state index contributed by atoms with van der Waals surface area (Å²) in [4.78, 5) is 0. The third kappa shape index (κ3) is 1.37. The average Bonchev–Trinajstić information content (AvgIpc) is 2.62. The van der Waals surface area contributed by atoms with Crippen molar-refractivity contribution in [3.63, 3.8) is 0 Å². The molecular weight excluding hydrogens is 126 g/mol. The van der Waals surface area contributed by atoms with Crippen molar-refractivity contribution >= 4 is 0 Å². The zero-order chi connectivity index (χ0) is 7.56. The maximum Gasteiger partial charge on any atom is 0.106 e. The summed E-state index contributed by atoms with van der Waals surface area (Å²) in [5.74, 6) is 0. The zero-order valence-corrected chi connectivity index (χ0v) is 6.29. The molecule has 1 rings (SSSR count). The van der Waals surface area contributed by atoms with Crippen molar-refractivity contribution in [3.8, 4) is 6.07 Å². The summed E-state index contributed by atoms with van der Waals surface area (Å²) in [6.45, 7) is 4.06. The molecule has 0 spiro atoms. The van der Waals surface area contributed by atoms with Crippen molar-refractivity contribution < 1.29 is 4.74 Å². The molecule has 0 aromatic heterocycles. The molecule has 0 amide bonds. The van der Waals surface area contributed by atoms with Crippen molar-refractivity contribution in [3.05, 3.63) is 11.6 Å². The lowest BCUT2D eigenvalue weighted by Gasteiger charge is -1.93. The fourth-order valence-corrected chi connectivity index (χ4v) is 1.04. The molecule has 0 bridgehead atoms. The van der Waals surface area contributed by atoms with Crippen molar-refractivity contribution in [1.82, 2.24) is 0 Å². The van der Waals surface area contributed by atoms with Gasteiger partial charge in [-0.2, -0.15) is 5.26 Å². The van der Waals surface area contributed by atoms with E-state index in [2.05, 4.69) is 0 Å². The average molecular weight is 137 g/mol. The smallest absolute Gasteiger partial charge is 0.106 e. The van der Waals surface area contributed by atoms with Gasteiger partial charge in [0, 0.05) is 6.08 Å². The Balaban J connectivity index is 2.52. The first kappa shape index (κ1) is 7.30. The van der Waals surface area contributed by atoms with E-state index in [4.69, 9.17) is 10.00 Å². The van der Waals surface area contributed by atoms with E-state index in [1.807, 2.05) is 19.9 Å². The SMILES string of the molecule is CC/C(=C/C#N)[C@H]1O[C@@H]1C. The lowest BCUT2D eigenvalue weighted by Crippen LogP contribution is -1.93. The van der Waals surface area contributed by atoms with Gasteiger partial charge < -0.3 is 4.74 Å². The molecule has 1 heterocycles. The van der Waals surface area contributed by atoms with Gasteiger partial charge in [0.15, 0.2) is 0 Å². The normalized spacial score (nSPS) is 31.5. The fourth-order valence-electron chi connectivity index (χ4n) is 1.04. The number of nitriles is 1. The van der Waals surface area contributed by atoms with E-state index in [-0.39, 0.29) is 6.10 Å². The lowest BCUT2D eigenvalue weighted by molar-refractivity contribution is 0.393. The van der Waals surface area contributed by atoms with Gasteiger partial charge in [-0.25, -0.2) is 0 Å². The van der Waals surface area contributed by atoms with Crippen LogP contribution < -0.4 is 0 Å². The van der Waals surface area contributed by atoms with E-state index in [0.29, 0.717) is 6.10 Å². The Kier molecular flexibility index (Phi) is 2.08. The first-order valence-corrected chi connectivity index (χ1v) is 3.53. The molecule has 0 aliphatic carbocycles. The molecule has 0 N–H and O–H groups in total. The Hall–Kier alpha value is -0.810. The summed E-state index contributed by atoms with van der Waals surface area (Å²) < 4.78 is 5.20. The number of ether oxygens (including phenoxy) is 1. The highest BCUT2D eigenvalue weighted by Crippen LogP contribution is 2.29. The Morgan fingerprint density at radius 2 is 2.40 bits per heavy atom. The number of hydrogen-bond donors (Lipinski definition) is 0. The van der Waals surface area contributed by atoms with Crippen LogP contribution in [0.1, 0.15) is 20.3 Å². The quantitative estimate of drug-likeness (QED) is 0.428. The van der Waals surface area contributed by atoms with E-state index in [0.717, 1.165) is 12.0 Å². The molecule has 0 radical (unpaired) electrons. The molecular formula is C8H11NO. The standard InChI is InChI=1S/C8H11NO/c1-3-7(4-5-9)8-6(2)10-8/h4,6,8H,3H2,1-2H3/b7-4-/t6-,8+/m1/s1. The highest BCUT2D eigenvalue weighted by atomic mass is 16.6.